The Hall–Kier alpha value is -0.480. The summed E-state index contributed by atoms with van der Waals surface area (Å²) in [7, 11) is 0. The summed E-state index contributed by atoms with van der Waals surface area (Å²) >= 11 is 4.46. The second-order valence-electron chi connectivity index (χ2n) is 3.97. The SMILES string of the molecule is SCC1(Cn2cccn2)CCOCC1. The van der Waals surface area contributed by atoms with Crippen LogP contribution in [0.3, 0.4) is 0 Å². The summed E-state index contributed by atoms with van der Waals surface area (Å²) in [6, 6.07) is 1.96. The van der Waals surface area contributed by atoms with Crippen molar-refractivity contribution in [2.45, 2.75) is 19.4 Å². The van der Waals surface area contributed by atoms with Gasteiger partial charge in [0, 0.05) is 37.6 Å². The third-order valence-electron chi connectivity index (χ3n) is 2.95. The average Bonchev–Trinajstić information content (AvgIpc) is 2.72. The highest BCUT2D eigenvalue weighted by atomic mass is 32.1. The Kier molecular flexibility index (Phi) is 3.13. The van der Waals surface area contributed by atoms with Crippen LogP contribution in [0.1, 0.15) is 12.8 Å². The van der Waals surface area contributed by atoms with E-state index in [0.29, 0.717) is 0 Å². The highest BCUT2D eigenvalue weighted by Crippen LogP contribution is 2.33. The van der Waals surface area contributed by atoms with E-state index < -0.39 is 0 Å². The highest BCUT2D eigenvalue weighted by molar-refractivity contribution is 7.80. The number of ether oxygens (including phenoxy) is 1. The predicted molar refractivity (Wildman–Crippen MR) is 58.6 cm³/mol. The monoisotopic (exact) mass is 212 g/mol. The Morgan fingerprint density at radius 2 is 2.21 bits per heavy atom. The number of thiol groups is 1. The normalized spacial score (nSPS) is 20.9. The van der Waals surface area contributed by atoms with E-state index >= 15 is 0 Å². The molecule has 0 spiro atoms. The summed E-state index contributed by atoms with van der Waals surface area (Å²) in [6.07, 6.45) is 6.03. The summed E-state index contributed by atoms with van der Waals surface area (Å²) in [6.45, 7) is 2.69. The maximum absolute atomic E-state index is 5.38. The van der Waals surface area contributed by atoms with Crippen molar-refractivity contribution < 1.29 is 4.74 Å². The zero-order chi connectivity index (χ0) is 9.86. The van der Waals surface area contributed by atoms with Crippen molar-refractivity contribution in [3.63, 3.8) is 0 Å². The Morgan fingerprint density at radius 1 is 1.43 bits per heavy atom. The van der Waals surface area contributed by atoms with Crippen molar-refractivity contribution in [1.82, 2.24) is 9.78 Å². The summed E-state index contributed by atoms with van der Waals surface area (Å²) < 4.78 is 7.38. The van der Waals surface area contributed by atoms with E-state index in [0.717, 1.165) is 38.4 Å². The topological polar surface area (TPSA) is 27.1 Å². The maximum Gasteiger partial charge on any atom is 0.0489 e. The van der Waals surface area contributed by atoms with Crippen LogP contribution in [-0.2, 0) is 11.3 Å². The van der Waals surface area contributed by atoms with Gasteiger partial charge in [-0.3, -0.25) is 4.68 Å². The standard InChI is InChI=1S/C10H16N2OS/c14-9-10(2-6-13-7-3-10)8-12-5-1-4-11-12/h1,4-5,14H,2-3,6-9H2. The minimum atomic E-state index is 0.285. The number of aromatic nitrogens is 2. The number of hydrogen-bond acceptors (Lipinski definition) is 3. The third kappa shape index (κ3) is 2.12. The molecule has 3 nitrogen and oxygen atoms in total. The van der Waals surface area contributed by atoms with E-state index in [1.807, 2.05) is 23.1 Å². The van der Waals surface area contributed by atoms with Crippen LogP contribution in [-0.4, -0.2) is 28.7 Å². The minimum Gasteiger partial charge on any atom is -0.381 e. The first-order valence-corrected chi connectivity index (χ1v) is 5.64. The molecular formula is C10H16N2OS. The lowest BCUT2D eigenvalue weighted by Gasteiger charge is -2.35. The molecule has 1 aromatic heterocycles. The van der Waals surface area contributed by atoms with E-state index in [4.69, 9.17) is 4.74 Å². The molecule has 0 aromatic carbocycles. The zero-order valence-electron chi connectivity index (χ0n) is 8.22. The minimum absolute atomic E-state index is 0.285. The third-order valence-corrected chi connectivity index (χ3v) is 3.62. The Bertz CT molecular complexity index is 268. The Labute approximate surface area is 89.9 Å². The van der Waals surface area contributed by atoms with Crippen LogP contribution in [0, 0.1) is 5.41 Å². The van der Waals surface area contributed by atoms with Crippen molar-refractivity contribution in [2.75, 3.05) is 19.0 Å². The summed E-state index contributed by atoms with van der Waals surface area (Å²) in [4.78, 5) is 0. The van der Waals surface area contributed by atoms with Gasteiger partial charge in [0.1, 0.15) is 0 Å². The summed E-state index contributed by atoms with van der Waals surface area (Å²) in [5.41, 5.74) is 0.285. The molecule has 1 aliphatic heterocycles. The van der Waals surface area contributed by atoms with Crippen LogP contribution in [0.4, 0.5) is 0 Å². The van der Waals surface area contributed by atoms with Crippen LogP contribution in [0.25, 0.3) is 0 Å². The van der Waals surface area contributed by atoms with Crippen molar-refractivity contribution in [3.8, 4) is 0 Å². The first-order valence-electron chi connectivity index (χ1n) is 5.01. The van der Waals surface area contributed by atoms with Gasteiger partial charge in [-0.25, -0.2) is 0 Å². The van der Waals surface area contributed by atoms with Gasteiger partial charge in [-0.15, -0.1) is 0 Å². The highest BCUT2D eigenvalue weighted by Gasteiger charge is 2.31. The maximum atomic E-state index is 5.38. The van der Waals surface area contributed by atoms with Gasteiger partial charge < -0.3 is 4.74 Å². The Balaban J connectivity index is 2.04. The van der Waals surface area contributed by atoms with E-state index in [1.165, 1.54) is 0 Å². The Morgan fingerprint density at radius 3 is 2.79 bits per heavy atom. The van der Waals surface area contributed by atoms with Gasteiger partial charge in [-0.1, -0.05) is 0 Å². The fourth-order valence-corrected chi connectivity index (χ4v) is 2.32. The number of hydrogen-bond donors (Lipinski definition) is 1. The van der Waals surface area contributed by atoms with E-state index in [-0.39, 0.29) is 5.41 Å². The summed E-state index contributed by atoms with van der Waals surface area (Å²) in [5.74, 6) is 0.913. The first-order chi connectivity index (χ1) is 6.85. The molecule has 0 radical (unpaired) electrons. The molecule has 1 fully saturated rings. The van der Waals surface area contributed by atoms with Gasteiger partial charge in [0.2, 0.25) is 0 Å². The molecule has 0 unspecified atom stereocenters. The number of rotatable bonds is 3. The molecule has 2 rings (SSSR count). The van der Waals surface area contributed by atoms with Gasteiger partial charge in [0.05, 0.1) is 0 Å². The van der Waals surface area contributed by atoms with Crippen LogP contribution in [0.15, 0.2) is 18.5 Å². The average molecular weight is 212 g/mol. The van der Waals surface area contributed by atoms with Crippen LogP contribution in [0.5, 0.6) is 0 Å². The fraction of sp³-hybridized carbons (Fsp3) is 0.700. The first kappa shape index (κ1) is 10.1. The van der Waals surface area contributed by atoms with Crippen LogP contribution in [0.2, 0.25) is 0 Å². The smallest absolute Gasteiger partial charge is 0.0489 e. The lowest BCUT2D eigenvalue weighted by atomic mass is 9.82. The van der Waals surface area contributed by atoms with Crippen molar-refractivity contribution >= 4 is 12.6 Å². The van der Waals surface area contributed by atoms with Crippen LogP contribution >= 0.6 is 12.6 Å². The van der Waals surface area contributed by atoms with Gasteiger partial charge in [0.25, 0.3) is 0 Å². The molecular weight excluding hydrogens is 196 g/mol. The van der Waals surface area contributed by atoms with Gasteiger partial charge in [0.15, 0.2) is 0 Å². The predicted octanol–water partition coefficient (Wildman–Crippen LogP) is 1.61. The molecule has 0 atom stereocenters. The molecule has 0 amide bonds. The molecule has 1 saturated heterocycles. The lowest BCUT2D eigenvalue weighted by molar-refractivity contribution is 0.0165. The van der Waals surface area contributed by atoms with Crippen molar-refractivity contribution in [3.05, 3.63) is 18.5 Å². The molecule has 0 N–H and O–H groups in total. The molecule has 4 heteroatoms. The van der Waals surface area contributed by atoms with E-state index in [9.17, 15) is 0 Å². The fourth-order valence-electron chi connectivity index (χ4n) is 1.91. The van der Waals surface area contributed by atoms with E-state index in [2.05, 4.69) is 17.7 Å². The lowest BCUT2D eigenvalue weighted by Crippen LogP contribution is -2.35. The van der Waals surface area contributed by atoms with Crippen molar-refractivity contribution in [1.29, 1.82) is 0 Å². The van der Waals surface area contributed by atoms with Crippen LogP contribution < -0.4 is 0 Å². The molecule has 1 aromatic rings. The zero-order valence-corrected chi connectivity index (χ0v) is 9.12. The quantitative estimate of drug-likeness (QED) is 0.771. The molecule has 0 aliphatic carbocycles. The molecule has 0 saturated carbocycles. The van der Waals surface area contributed by atoms with Gasteiger partial charge in [-0.05, 0) is 24.7 Å². The molecule has 78 valence electrons. The summed E-state index contributed by atoms with van der Waals surface area (Å²) in [5, 5.41) is 4.25. The van der Waals surface area contributed by atoms with Gasteiger partial charge in [-0.2, -0.15) is 17.7 Å². The van der Waals surface area contributed by atoms with Gasteiger partial charge >= 0.3 is 0 Å². The second kappa shape index (κ2) is 4.36. The largest absolute Gasteiger partial charge is 0.381 e. The molecule has 2 heterocycles. The molecule has 14 heavy (non-hydrogen) atoms. The van der Waals surface area contributed by atoms with Crippen molar-refractivity contribution in [2.24, 2.45) is 5.41 Å². The molecule has 0 bridgehead atoms. The van der Waals surface area contributed by atoms with E-state index in [1.54, 1.807) is 0 Å². The number of nitrogens with zero attached hydrogens (tertiary/aromatic N) is 2. The second-order valence-corrected chi connectivity index (χ2v) is 4.29. The molecule has 1 aliphatic rings.